The van der Waals surface area contributed by atoms with Crippen molar-refractivity contribution in [2.24, 2.45) is 0 Å². The number of nitrogens with one attached hydrogen (secondary N) is 1. The first-order chi connectivity index (χ1) is 17.9. The van der Waals surface area contributed by atoms with Crippen LogP contribution in [0.5, 0.6) is 0 Å². The number of hydrogen-bond donors (Lipinski definition) is 2. The lowest BCUT2D eigenvalue weighted by atomic mass is 9.93. The number of ether oxygens (including phenoxy) is 2. The van der Waals surface area contributed by atoms with Crippen molar-refractivity contribution in [3.8, 4) is 0 Å². The summed E-state index contributed by atoms with van der Waals surface area (Å²) in [6.07, 6.45) is 0.108. The van der Waals surface area contributed by atoms with Crippen molar-refractivity contribution in [2.75, 3.05) is 11.9 Å². The maximum Gasteiger partial charge on any atom is 0.435 e. The van der Waals surface area contributed by atoms with Crippen molar-refractivity contribution < 1.29 is 29.0 Å². The van der Waals surface area contributed by atoms with Gasteiger partial charge in [-0.25, -0.2) is 14.4 Å². The average molecular weight is 563 g/mol. The SMILES string of the molecule is CC(C)(C)OC(=O)n1ncc2cc(NC(=O)O[C@H](c3ccc(Cl)c(Cl)c3)[C@@H]3CCCCN3C(=O)O)ccc21. The van der Waals surface area contributed by atoms with E-state index >= 15 is 0 Å². The second kappa shape index (κ2) is 11.1. The van der Waals surface area contributed by atoms with Crippen LogP contribution in [0.3, 0.4) is 0 Å². The van der Waals surface area contributed by atoms with E-state index in [1.807, 2.05) is 0 Å². The lowest BCUT2D eigenvalue weighted by molar-refractivity contribution is 0.0178. The van der Waals surface area contributed by atoms with E-state index in [9.17, 15) is 19.5 Å². The van der Waals surface area contributed by atoms with E-state index < -0.39 is 36.0 Å². The maximum atomic E-state index is 13.0. The van der Waals surface area contributed by atoms with Crippen molar-refractivity contribution in [1.82, 2.24) is 14.7 Å². The number of likely N-dealkylation sites (tertiary alicyclic amines) is 1. The van der Waals surface area contributed by atoms with Crippen molar-refractivity contribution in [3.63, 3.8) is 0 Å². The summed E-state index contributed by atoms with van der Waals surface area (Å²) in [5.74, 6) is 0. The van der Waals surface area contributed by atoms with Gasteiger partial charge >= 0.3 is 18.3 Å². The van der Waals surface area contributed by atoms with Crippen LogP contribution in [0.2, 0.25) is 10.0 Å². The van der Waals surface area contributed by atoms with Crippen molar-refractivity contribution >= 4 is 58.1 Å². The molecule has 2 N–H and O–H groups in total. The first-order valence-corrected chi connectivity index (χ1v) is 12.8. The number of amides is 2. The molecular formula is C26H28Cl2N4O6. The molecule has 0 saturated carbocycles. The molecule has 2 aromatic carbocycles. The molecule has 1 aliphatic rings. The molecule has 0 spiro atoms. The third-order valence-electron chi connectivity index (χ3n) is 6.03. The van der Waals surface area contributed by atoms with Crippen LogP contribution in [0.25, 0.3) is 10.9 Å². The maximum absolute atomic E-state index is 13.0. The fourth-order valence-electron chi connectivity index (χ4n) is 4.39. The van der Waals surface area contributed by atoms with Gasteiger partial charge in [-0.2, -0.15) is 9.78 Å². The number of carboxylic acid groups (broad SMARTS) is 1. The number of benzene rings is 2. The highest BCUT2D eigenvalue weighted by molar-refractivity contribution is 6.42. The van der Waals surface area contributed by atoms with Gasteiger partial charge in [0.2, 0.25) is 0 Å². The van der Waals surface area contributed by atoms with Crippen LogP contribution in [0.4, 0.5) is 20.1 Å². The summed E-state index contributed by atoms with van der Waals surface area (Å²) >= 11 is 12.3. The third kappa shape index (κ3) is 6.31. The number of anilines is 1. The van der Waals surface area contributed by atoms with Crippen LogP contribution >= 0.6 is 23.2 Å². The van der Waals surface area contributed by atoms with Gasteiger partial charge < -0.3 is 19.5 Å². The Labute approximate surface area is 229 Å². The summed E-state index contributed by atoms with van der Waals surface area (Å²) < 4.78 is 12.3. The molecule has 2 heterocycles. The number of nitrogens with zero attached hydrogens (tertiary/aromatic N) is 3. The lowest BCUT2D eigenvalue weighted by Crippen LogP contribution is -2.47. The minimum atomic E-state index is -1.09. The molecular weight excluding hydrogens is 535 g/mol. The Morgan fingerprint density at radius 2 is 1.87 bits per heavy atom. The van der Waals surface area contributed by atoms with E-state index in [1.165, 1.54) is 11.1 Å². The Balaban J connectivity index is 1.56. The van der Waals surface area contributed by atoms with Gasteiger partial charge in [0, 0.05) is 17.6 Å². The molecule has 0 unspecified atom stereocenters. The zero-order valence-corrected chi connectivity index (χ0v) is 22.6. The highest BCUT2D eigenvalue weighted by Gasteiger charge is 2.36. The Morgan fingerprint density at radius 1 is 1.11 bits per heavy atom. The molecule has 0 bridgehead atoms. The second-order valence-corrected chi connectivity index (χ2v) is 10.8. The van der Waals surface area contributed by atoms with Gasteiger partial charge in [-0.15, -0.1) is 0 Å². The highest BCUT2D eigenvalue weighted by atomic mass is 35.5. The first kappa shape index (κ1) is 27.5. The Morgan fingerprint density at radius 3 is 2.55 bits per heavy atom. The number of aromatic nitrogens is 2. The van der Waals surface area contributed by atoms with E-state index in [1.54, 1.807) is 57.2 Å². The average Bonchev–Trinajstić information content (AvgIpc) is 3.27. The van der Waals surface area contributed by atoms with Gasteiger partial charge in [-0.3, -0.25) is 5.32 Å². The summed E-state index contributed by atoms with van der Waals surface area (Å²) in [5.41, 5.74) is 0.755. The zero-order chi connectivity index (χ0) is 27.6. The molecule has 1 saturated heterocycles. The van der Waals surface area contributed by atoms with Gasteiger partial charge in [0.15, 0.2) is 0 Å². The minimum absolute atomic E-state index is 0.267. The highest BCUT2D eigenvalue weighted by Crippen LogP contribution is 2.35. The van der Waals surface area contributed by atoms with E-state index in [4.69, 9.17) is 32.7 Å². The molecule has 1 fully saturated rings. The molecule has 1 aromatic heterocycles. The molecule has 3 aromatic rings. The third-order valence-corrected chi connectivity index (χ3v) is 6.77. The van der Waals surface area contributed by atoms with Gasteiger partial charge in [-0.05, 0) is 75.9 Å². The summed E-state index contributed by atoms with van der Waals surface area (Å²) in [4.78, 5) is 38.7. The quantitative estimate of drug-likeness (QED) is 0.352. The Hall–Kier alpha value is -3.50. The molecule has 0 radical (unpaired) electrons. The number of rotatable bonds is 4. The lowest BCUT2D eigenvalue weighted by Gasteiger charge is -2.38. The van der Waals surface area contributed by atoms with E-state index in [2.05, 4.69) is 10.4 Å². The van der Waals surface area contributed by atoms with Crippen LogP contribution in [0, 0.1) is 0 Å². The molecule has 0 aliphatic carbocycles. The van der Waals surface area contributed by atoms with Crippen LogP contribution in [0.15, 0.2) is 42.6 Å². The van der Waals surface area contributed by atoms with Crippen LogP contribution in [0.1, 0.15) is 51.7 Å². The standard InChI is InChI=1S/C26H28Cl2N4O6/c1-26(2,3)38-25(36)32-20-10-8-17(12-16(20)14-29-32)30-23(33)37-22(15-7-9-18(27)19(28)13-15)21-6-4-5-11-31(21)24(34)35/h7-10,12-14,21-22H,4-6,11H2,1-3H3,(H,30,33)(H,34,35)/t21-,22+/m0/s1. The summed E-state index contributed by atoms with van der Waals surface area (Å²) in [6.45, 7) is 5.62. The molecule has 10 nitrogen and oxygen atoms in total. The topological polar surface area (TPSA) is 123 Å². The molecule has 38 heavy (non-hydrogen) atoms. The van der Waals surface area contributed by atoms with E-state index in [-0.39, 0.29) is 5.02 Å². The Kier molecular flexibility index (Phi) is 8.03. The van der Waals surface area contributed by atoms with Gasteiger partial charge in [0.05, 0.1) is 27.8 Å². The van der Waals surface area contributed by atoms with Crippen molar-refractivity contribution in [3.05, 3.63) is 58.2 Å². The van der Waals surface area contributed by atoms with Crippen molar-refractivity contribution in [2.45, 2.75) is 57.8 Å². The van der Waals surface area contributed by atoms with Gasteiger partial charge in [0.1, 0.15) is 11.7 Å². The second-order valence-electron chi connectivity index (χ2n) is 9.97. The molecule has 202 valence electrons. The largest absolute Gasteiger partial charge is 0.465 e. The van der Waals surface area contributed by atoms with Gasteiger partial charge in [0.25, 0.3) is 0 Å². The molecule has 12 heteroatoms. The normalized spacial score (nSPS) is 16.7. The van der Waals surface area contributed by atoms with Crippen LogP contribution in [-0.4, -0.2) is 56.3 Å². The van der Waals surface area contributed by atoms with Gasteiger partial charge in [-0.1, -0.05) is 29.3 Å². The number of carbonyl (C=O) groups excluding carboxylic acids is 2. The number of hydrogen-bond acceptors (Lipinski definition) is 6. The summed E-state index contributed by atoms with van der Waals surface area (Å²) in [5, 5.41) is 17.7. The number of carbonyl (C=O) groups is 3. The molecule has 2 atom stereocenters. The fourth-order valence-corrected chi connectivity index (χ4v) is 4.70. The monoisotopic (exact) mass is 562 g/mol. The summed E-state index contributed by atoms with van der Waals surface area (Å²) in [7, 11) is 0. The van der Waals surface area contributed by atoms with Crippen molar-refractivity contribution in [1.29, 1.82) is 0 Å². The Bertz CT molecular complexity index is 1370. The predicted octanol–water partition coefficient (Wildman–Crippen LogP) is 6.95. The fraction of sp³-hybridized carbons (Fsp3) is 0.385. The minimum Gasteiger partial charge on any atom is -0.465 e. The zero-order valence-electron chi connectivity index (χ0n) is 21.1. The number of halogens is 2. The predicted molar refractivity (Wildman–Crippen MR) is 143 cm³/mol. The first-order valence-electron chi connectivity index (χ1n) is 12.1. The molecule has 1 aliphatic heterocycles. The van der Waals surface area contributed by atoms with Crippen LogP contribution in [-0.2, 0) is 9.47 Å². The molecule has 2 amide bonds. The van der Waals surface area contributed by atoms with Crippen LogP contribution < -0.4 is 5.32 Å². The van der Waals surface area contributed by atoms with E-state index in [0.29, 0.717) is 40.1 Å². The number of fused-ring (bicyclic) bond motifs is 1. The number of piperidine rings is 1. The smallest absolute Gasteiger partial charge is 0.435 e. The summed E-state index contributed by atoms with van der Waals surface area (Å²) in [6, 6.07) is 9.10. The van der Waals surface area contributed by atoms with E-state index in [0.717, 1.165) is 17.5 Å². The molecule has 4 rings (SSSR count).